The van der Waals surface area contributed by atoms with E-state index in [9.17, 15) is 23.2 Å². The molecule has 0 fully saturated rings. The Kier molecular flexibility index (Phi) is 6.22. The summed E-state index contributed by atoms with van der Waals surface area (Å²) in [6.45, 7) is 2.50. The van der Waals surface area contributed by atoms with Crippen molar-refractivity contribution in [2.45, 2.75) is 19.5 Å². The summed E-state index contributed by atoms with van der Waals surface area (Å²) < 4.78 is 41.6. The molecule has 0 bridgehead atoms. The molecule has 0 atom stereocenters. The predicted octanol–water partition coefficient (Wildman–Crippen LogP) is 2.99. The number of ether oxygens (including phenoxy) is 1. The van der Waals surface area contributed by atoms with E-state index in [0.717, 1.165) is 5.39 Å². The first-order valence-electron chi connectivity index (χ1n) is 7.91. The molecule has 0 saturated carbocycles. The van der Waals surface area contributed by atoms with Crippen molar-refractivity contribution >= 4 is 22.6 Å². The van der Waals surface area contributed by atoms with Crippen LogP contribution in [-0.4, -0.2) is 36.8 Å². The normalized spacial score (nSPS) is 11.0. The Balaban J connectivity index is 1.99. The van der Waals surface area contributed by atoms with Gasteiger partial charge < -0.3 is 15.4 Å². The molecule has 0 radical (unpaired) electrons. The molecule has 2 rings (SSSR count). The van der Waals surface area contributed by atoms with Crippen molar-refractivity contribution in [3.8, 4) is 11.8 Å². The standard InChI is InChI=1S/C17H17F3N4O2/c1-2-26-13-4-5-14-11(9-13)8-12(10-21)15(24-14)22-6-3-7-23-16(25)17(18,19)20/h4-5,8-9H,2-3,6-7H2,1H3,(H,22,24)(H,23,25). The van der Waals surface area contributed by atoms with E-state index in [4.69, 9.17) is 4.74 Å². The minimum absolute atomic E-state index is 0.140. The molecule has 2 N–H and O–H groups in total. The van der Waals surface area contributed by atoms with E-state index in [1.165, 1.54) is 0 Å². The fourth-order valence-electron chi connectivity index (χ4n) is 2.23. The number of anilines is 1. The largest absolute Gasteiger partial charge is 0.494 e. The van der Waals surface area contributed by atoms with Gasteiger partial charge in [-0.3, -0.25) is 4.79 Å². The van der Waals surface area contributed by atoms with E-state index in [-0.39, 0.29) is 19.5 Å². The summed E-state index contributed by atoms with van der Waals surface area (Å²) in [7, 11) is 0. The summed E-state index contributed by atoms with van der Waals surface area (Å²) in [5.41, 5.74) is 0.964. The number of fused-ring (bicyclic) bond motifs is 1. The zero-order valence-electron chi connectivity index (χ0n) is 14.0. The number of alkyl halides is 3. The molecule has 0 saturated heterocycles. The molecule has 1 amide bonds. The van der Waals surface area contributed by atoms with Crippen LogP contribution in [0.5, 0.6) is 5.75 Å². The second kappa shape index (κ2) is 8.38. The molecule has 0 aliphatic heterocycles. The molecule has 0 spiro atoms. The smallest absolute Gasteiger partial charge is 0.471 e. The van der Waals surface area contributed by atoms with E-state index in [1.807, 2.05) is 13.0 Å². The summed E-state index contributed by atoms with van der Waals surface area (Å²) in [5.74, 6) is -0.956. The molecule has 0 aliphatic rings. The van der Waals surface area contributed by atoms with Gasteiger partial charge in [0, 0.05) is 18.5 Å². The number of rotatable bonds is 7. The van der Waals surface area contributed by atoms with Gasteiger partial charge in [0.15, 0.2) is 0 Å². The number of benzene rings is 1. The number of nitrogens with zero attached hydrogens (tertiary/aromatic N) is 2. The van der Waals surface area contributed by atoms with E-state index < -0.39 is 12.1 Å². The number of hydrogen-bond acceptors (Lipinski definition) is 5. The molecule has 26 heavy (non-hydrogen) atoms. The minimum atomic E-state index is -4.89. The van der Waals surface area contributed by atoms with Crippen molar-refractivity contribution in [1.29, 1.82) is 5.26 Å². The van der Waals surface area contributed by atoms with E-state index in [1.54, 1.807) is 29.6 Å². The summed E-state index contributed by atoms with van der Waals surface area (Å²) in [4.78, 5) is 15.1. The van der Waals surface area contributed by atoms with Crippen molar-refractivity contribution in [3.63, 3.8) is 0 Å². The number of halogens is 3. The van der Waals surface area contributed by atoms with Gasteiger partial charge in [-0.25, -0.2) is 4.98 Å². The van der Waals surface area contributed by atoms with Crippen molar-refractivity contribution < 1.29 is 22.7 Å². The van der Waals surface area contributed by atoms with Crippen molar-refractivity contribution in [2.75, 3.05) is 25.0 Å². The molecule has 9 heteroatoms. The fraction of sp³-hybridized carbons (Fsp3) is 0.353. The van der Waals surface area contributed by atoms with Crippen LogP contribution in [0.1, 0.15) is 18.9 Å². The van der Waals surface area contributed by atoms with E-state index >= 15 is 0 Å². The Hall–Kier alpha value is -3.02. The molecular formula is C17H17F3N4O2. The number of carbonyl (C=O) groups excluding carboxylic acids is 1. The van der Waals surface area contributed by atoms with Crippen LogP contribution in [0.15, 0.2) is 24.3 Å². The molecule has 0 aliphatic carbocycles. The first-order chi connectivity index (χ1) is 12.3. The molecule has 0 unspecified atom stereocenters. The number of nitriles is 1. The maximum atomic E-state index is 12.1. The van der Waals surface area contributed by atoms with Gasteiger partial charge in [0.2, 0.25) is 0 Å². The first-order valence-corrected chi connectivity index (χ1v) is 7.91. The summed E-state index contributed by atoms with van der Waals surface area (Å²) >= 11 is 0. The fourth-order valence-corrected chi connectivity index (χ4v) is 2.23. The highest BCUT2D eigenvalue weighted by Gasteiger charge is 2.38. The third-order valence-electron chi connectivity index (χ3n) is 3.41. The van der Waals surface area contributed by atoms with Crippen LogP contribution in [0.2, 0.25) is 0 Å². The van der Waals surface area contributed by atoms with Gasteiger partial charge in [-0.2, -0.15) is 18.4 Å². The Bertz CT molecular complexity index is 831. The summed E-state index contributed by atoms with van der Waals surface area (Å²) in [5, 5.41) is 14.7. The van der Waals surface area contributed by atoms with Crippen LogP contribution in [0.3, 0.4) is 0 Å². The van der Waals surface area contributed by atoms with Crippen LogP contribution >= 0.6 is 0 Å². The predicted molar refractivity (Wildman–Crippen MR) is 89.8 cm³/mol. The lowest BCUT2D eigenvalue weighted by Crippen LogP contribution is -2.37. The number of carbonyl (C=O) groups is 1. The van der Waals surface area contributed by atoms with Crippen LogP contribution < -0.4 is 15.4 Å². The number of amides is 1. The molecular weight excluding hydrogens is 349 g/mol. The van der Waals surface area contributed by atoms with Gasteiger partial charge in [0.05, 0.1) is 17.7 Å². The zero-order chi connectivity index (χ0) is 19.2. The molecule has 1 aromatic heterocycles. The Labute approximate surface area is 148 Å². The Morgan fingerprint density at radius 2 is 2.08 bits per heavy atom. The monoisotopic (exact) mass is 366 g/mol. The van der Waals surface area contributed by atoms with Gasteiger partial charge in [-0.05, 0) is 37.6 Å². The first kappa shape index (κ1) is 19.3. The Morgan fingerprint density at radius 3 is 2.73 bits per heavy atom. The van der Waals surface area contributed by atoms with Gasteiger partial charge >= 0.3 is 12.1 Å². The third kappa shape index (κ3) is 4.99. The maximum absolute atomic E-state index is 12.1. The number of nitrogens with one attached hydrogen (secondary N) is 2. The third-order valence-corrected chi connectivity index (χ3v) is 3.41. The highest BCUT2D eigenvalue weighted by molar-refractivity contribution is 5.84. The number of pyridine rings is 1. The molecule has 6 nitrogen and oxygen atoms in total. The lowest BCUT2D eigenvalue weighted by atomic mass is 10.1. The SMILES string of the molecule is CCOc1ccc2nc(NCCCNC(=O)C(F)(F)F)c(C#N)cc2c1. The van der Waals surface area contributed by atoms with Crippen molar-refractivity contribution in [3.05, 3.63) is 29.8 Å². The number of hydrogen-bond donors (Lipinski definition) is 2. The lowest BCUT2D eigenvalue weighted by molar-refractivity contribution is -0.173. The topological polar surface area (TPSA) is 87.0 Å². The zero-order valence-corrected chi connectivity index (χ0v) is 14.0. The van der Waals surface area contributed by atoms with Crippen LogP contribution in [0.4, 0.5) is 19.0 Å². The molecule has 1 heterocycles. The van der Waals surface area contributed by atoms with Crippen LogP contribution in [-0.2, 0) is 4.79 Å². The highest BCUT2D eigenvalue weighted by atomic mass is 19.4. The molecule has 138 valence electrons. The molecule has 2 aromatic rings. The van der Waals surface area contributed by atoms with Crippen LogP contribution in [0, 0.1) is 11.3 Å². The molecule has 1 aromatic carbocycles. The van der Waals surface area contributed by atoms with Gasteiger partial charge in [0.1, 0.15) is 17.6 Å². The van der Waals surface area contributed by atoms with Crippen LogP contribution in [0.25, 0.3) is 10.9 Å². The second-order valence-corrected chi connectivity index (χ2v) is 5.32. The van der Waals surface area contributed by atoms with Gasteiger partial charge in [-0.1, -0.05) is 0 Å². The number of aromatic nitrogens is 1. The van der Waals surface area contributed by atoms with Gasteiger partial charge in [-0.15, -0.1) is 0 Å². The second-order valence-electron chi connectivity index (χ2n) is 5.32. The van der Waals surface area contributed by atoms with Crippen molar-refractivity contribution in [2.24, 2.45) is 0 Å². The van der Waals surface area contributed by atoms with E-state index in [2.05, 4.69) is 10.3 Å². The Morgan fingerprint density at radius 1 is 1.31 bits per heavy atom. The average molecular weight is 366 g/mol. The average Bonchev–Trinajstić information content (AvgIpc) is 2.60. The lowest BCUT2D eigenvalue weighted by Gasteiger charge is -2.11. The quantitative estimate of drug-likeness (QED) is 0.736. The summed E-state index contributed by atoms with van der Waals surface area (Å²) in [6.07, 6.45) is -4.64. The van der Waals surface area contributed by atoms with Crippen molar-refractivity contribution in [1.82, 2.24) is 10.3 Å². The van der Waals surface area contributed by atoms with Gasteiger partial charge in [0.25, 0.3) is 0 Å². The summed E-state index contributed by atoms with van der Waals surface area (Å²) in [6, 6.07) is 9.01. The highest BCUT2D eigenvalue weighted by Crippen LogP contribution is 2.24. The maximum Gasteiger partial charge on any atom is 0.471 e. The van der Waals surface area contributed by atoms with E-state index in [0.29, 0.717) is 29.3 Å². The minimum Gasteiger partial charge on any atom is -0.494 e.